The number of hydrogen-bond donors (Lipinski definition) is 0. The van der Waals surface area contributed by atoms with E-state index in [0.717, 1.165) is 20.1 Å². The molecule has 59 heavy (non-hydrogen) atoms. The fraction of sp³-hybridized carbons (Fsp3) is 0.214. The van der Waals surface area contributed by atoms with Gasteiger partial charge in [-0.05, 0) is 0 Å². The van der Waals surface area contributed by atoms with Crippen LogP contribution in [0.3, 0.4) is 0 Å². The van der Waals surface area contributed by atoms with Crippen LogP contribution in [0, 0.1) is 0 Å². The van der Waals surface area contributed by atoms with E-state index in [2.05, 4.69) is 172 Å². The molecule has 1 saturated carbocycles. The van der Waals surface area contributed by atoms with Crippen molar-refractivity contribution in [1.29, 1.82) is 0 Å². The Kier molecular flexibility index (Phi) is 9.91. The van der Waals surface area contributed by atoms with Crippen molar-refractivity contribution in [2.45, 2.75) is 66.9 Å². The predicted octanol–water partition coefficient (Wildman–Crippen LogP) is 10.4. The molecule has 2 fully saturated rings. The first-order valence-corrected chi connectivity index (χ1v) is 27.4. The molecule has 8 aromatic carbocycles. The predicted molar refractivity (Wildman–Crippen MR) is 242 cm³/mol. The fourth-order valence-electron chi connectivity index (χ4n) is 13.0. The molecular formula is C56H48Cl2Zr. The number of allylic oxidation sites excluding steroid dienone is 2. The Morgan fingerprint density at radius 1 is 0.441 bits per heavy atom. The summed E-state index contributed by atoms with van der Waals surface area (Å²) in [7, 11) is 0. The normalized spacial score (nSPS) is 21.5. The maximum absolute atomic E-state index is 3.19. The van der Waals surface area contributed by atoms with Crippen molar-refractivity contribution in [2.75, 3.05) is 0 Å². The summed E-state index contributed by atoms with van der Waals surface area (Å²) >= 11 is -3.19. The van der Waals surface area contributed by atoms with Gasteiger partial charge >= 0.3 is 344 Å². The molecule has 0 amide bonds. The van der Waals surface area contributed by atoms with Gasteiger partial charge in [-0.25, -0.2) is 0 Å². The van der Waals surface area contributed by atoms with Gasteiger partial charge in [0.15, 0.2) is 0 Å². The zero-order valence-electron chi connectivity index (χ0n) is 33.8. The molecule has 8 aromatic rings. The van der Waals surface area contributed by atoms with Crippen LogP contribution in [0.25, 0.3) is 77.5 Å². The van der Waals surface area contributed by atoms with Crippen molar-refractivity contribution in [2.24, 2.45) is 0 Å². The standard InChI is InChI=1S/2C25H19.C6H10.2ClH.Zr/c2*1-2-17-14-18-10-7-13-23(24(18)15-17)25-21-11-5-3-8-19(21)16-20-9-4-6-12-22(20)25;1-2-4-6-5-3-1;;;/h2*3-16H,2H2,1H3;1-2H,3-6H2;2*1H;/q;;;;;+2/p-2. The molecule has 1 heterocycles. The zero-order valence-corrected chi connectivity index (χ0v) is 37.8. The molecule has 3 aliphatic carbocycles. The molecule has 12 rings (SSSR count). The van der Waals surface area contributed by atoms with Crippen LogP contribution in [0.4, 0.5) is 0 Å². The molecule has 4 aliphatic rings. The fourth-order valence-corrected chi connectivity index (χ4v) is 36.5. The van der Waals surface area contributed by atoms with E-state index < -0.39 is 20.3 Å². The van der Waals surface area contributed by atoms with Gasteiger partial charge in [0.25, 0.3) is 0 Å². The quantitative estimate of drug-likeness (QED) is 0.146. The van der Waals surface area contributed by atoms with Crippen molar-refractivity contribution in [1.82, 2.24) is 0 Å². The third kappa shape index (κ3) is 5.57. The molecule has 3 heteroatoms. The molecule has 1 aliphatic heterocycles. The first-order valence-electron chi connectivity index (χ1n) is 21.7. The van der Waals surface area contributed by atoms with Gasteiger partial charge in [0, 0.05) is 0 Å². The van der Waals surface area contributed by atoms with E-state index in [-0.39, 0.29) is 24.8 Å². The Morgan fingerprint density at radius 3 is 1.15 bits per heavy atom. The van der Waals surface area contributed by atoms with Gasteiger partial charge in [0.1, 0.15) is 0 Å². The summed E-state index contributed by atoms with van der Waals surface area (Å²) in [6, 6.07) is 56.0. The van der Waals surface area contributed by atoms with Crippen LogP contribution in [-0.4, -0.2) is 0 Å². The summed E-state index contributed by atoms with van der Waals surface area (Å²) in [5.74, 6) is 0. The SMILES string of the molecule is CCC1=Cc2c(-c3c4ccccc4cc4ccccc34)cccc2[CH]1[Zr+2]1([CH]2C(CC)=Cc3c(-c4c5ccccc5cc5ccccc45)cccc32)[CH]2CCCC[CH]21.[Cl-].[Cl-]. The van der Waals surface area contributed by atoms with Crippen molar-refractivity contribution >= 4 is 55.2 Å². The van der Waals surface area contributed by atoms with Gasteiger partial charge in [-0.1, -0.05) is 0 Å². The third-order valence-electron chi connectivity index (χ3n) is 15.1. The third-order valence-corrected chi connectivity index (χ3v) is 32.2. The van der Waals surface area contributed by atoms with Crippen LogP contribution in [-0.2, 0) is 20.3 Å². The molecule has 4 unspecified atom stereocenters. The minimum Gasteiger partial charge on any atom is -1.00 e. The number of hydrogen-bond acceptors (Lipinski definition) is 0. The van der Waals surface area contributed by atoms with Gasteiger partial charge in [-0.3, -0.25) is 0 Å². The van der Waals surface area contributed by atoms with Crippen molar-refractivity contribution in [3.8, 4) is 22.3 Å². The first kappa shape index (κ1) is 38.9. The summed E-state index contributed by atoms with van der Waals surface area (Å²) in [5.41, 5.74) is 15.6. The van der Waals surface area contributed by atoms with E-state index in [0.29, 0.717) is 7.25 Å². The second-order valence-electron chi connectivity index (χ2n) is 17.5. The molecule has 0 radical (unpaired) electrons. The second kappa shape index (κ2) is 15.0. The maximum atomic E-state index is 2.72. The topological polar surface area (TPSA) is 0 Å². The van der Waals surface area contributed by atoms with Crippen LogP contribution in [0.15, 0.2) is 157 Å². The molecular weight excluding hydrogens is 835 g/mol. The largest absolute Gasteiger partial charge is 1.00 e. The average molecular weight is 883 g/mol. The molecule has 290 valence electrons. The molecule has 4 atom stereocenters. The monoisotopic (exact) mass is 880 g/mol. The number of rotatable bonds is 6. The first-order chi connectivity index (χ1) is 28.2. The number of halogens is 2. The van der Waals surface area contributed by atoms with Gasteiger partial charge in [0.05, 0.1) is 0 Å². The summed E-state index contributed by atoms with van der Waals surface area (Å²) in [6.07, 6.45) is 13.5. The van der Waals surface area contributed by atoms with E-state index >= 15 is 0 Å². The van der Waals surface area contributed by atoms with Crippen LogP contribution >= 0.6 is 0 Å². The Labute approximate surface area is 365 Å². The van der Waals surface area contributed by atoms with Crippen molar-refractivity contribution in [3.63, 3.8) is 0 Å². The smallest absolute Gasteiger partial charge is 1.00 e. The Morgan fingerprint density at radius 2 is 0.797 bits per heavy atom. The zero-order chi connectivity index (χ0) is 37.8. The molecule has 1 saturated heterocycles. The van der Waals surface area contributed by atoms with Crippen molar-refractivity contribution in [3.05, 3.63) is 179 Å². The van der Waals surface area contributed by atoms with E-state index in [1.54, 1.807) is 22.3 Å². The number of benzene rings is 8. The summed E-state index contributed by atoms with van der Waals surface area (Å²) in [6.45, 7) is 4.93. The Balaban J connectivity index is 0.00000210. The molecule has 0 spiro atoms. The molecule has 0 aromatic heterocycles. The summed E-state index contributed by atoms with van der Waals surface area (Å²) in [5, 5.41) is 10.8. The average Bonchev–Trinajstić information content (AvgIpc) is 3.52. The van der Waals surface area contributed by atoms with Gasteiger partial charge in [-0.2, -0.15) is 0 Å². The second-order valence-corrected chi connectivity index (χ2v) is 28.9. The molecule has 0 N–H and O–H groups in total. The summed E-state index contributed by atoms with van der Waals surface area (Å²) < 4.78 is 3.16. The van der Waals surface area contributed by atoms with Crippen LogP contribution in [0.2, 0.25) is 7.25 Å². The van der Waals surface area contributed by atoms with Gasteiger partial charge < -0.3 is 24.8 Å². The summed E-state index contributed by atoms with van der Waals surface area (Å²) in [4.78, 5) is 0. The minimum atomic E-state index is -3.19. The van der Waals surface area contributed by atoms with E-state index in [1.807, 2.05) is 0 Å². The van der Waals surface area contributed by atoms with Crippen molar-refractivity contribution < 1.29 is 45.1 Å². The van der Waals surface area contributed by atoms with Crippen LogP contribution in [0.1, 0.15) is 81.9 Å². The van der Waals surface area contributed by atoms with E-state index in [4.69, 9.17) is 0 Å². The van der Waals surface area contributed by atoms with E-state index in [9.17, 15) is 0 Å². The Hall–Kier alpha value is -4.26. The molecule has 0 bridgehead atoms. The van der Waals surface area contributed by atoms with Gasteiger partial charge in [-0.15, -0.1) is 0 Å². The number of fused-ring (bicyclic) bond motifs is 7. The van der Waals surface area contributed by atoms with E-state index in [1.165, 1.54) is 102 Å². The van der Waals surface area contributed by atoms with Crippen LogP contribution < -0.4 is 24.8 Å². The van der Waals surface area contributed by atoms with Gasteiger partial charge in [0.2, 0.25) is 0 Å². The molecule has 0 nitrogen and oxygen atoms in total. The van der Waals surface area contributed by atoms with Crippen LogP contribution in [0.5, 0.6) is 0 Å². The Bertz CT molecular complexity index is 2730. The minimum absolute atomic E-state index is 0. The maximum Gasteiger partial charge on any atom is -1.00 e.